The lowest BCUT2D eigenvalue weighted by Crippen LogP contribution is -2.08. The first-order chi connectivity index (χ1) is 8.81. The van der Waals surface area contributed by atoms with Crippen molar-refractivity contribution in [1.29, 1.82) is 0 Å². The summed E-state index contributed by atoms with van der Waals surface area (Å²) >= 11 is 1.50. The van der Waals surface area contributed by atoms with E-state index >= 15 is 0 Å². The van der Waals surface area contributed by atoms with Gasteiger partial charge in [-0.2, -0.15) is 4.98 Å². The number of thioether (sulfide) groups is 1. The first-order valence-corrected chi connectivity index (χ1v) is 6.64. The third kappa shape index (κ3) is 3.33. The Morgan fingerprint density at radius 3 is 2.83 bits per heavy atom. The Labute approximate surface area is 109 Å². The average molecular weight is 266 g/mol. The van der Waals surface area contributed by atoms with Crippen molar-refractivity contribution in [2.75, 3.05) is 30.5 Å². The van der Waals surface area contributed by atoms with E-state index in [1.807, 2.05) is 19.4 Å². The summed E-state index contributed by atoms with van der Waals surface area (Å²) in [5.74, 6) is 2.24. The van der Waals surface area contributed by atoms with E-state index in [4.69, 9.17) is 0 Å². The van der Waals surface area contributed by atoms with Gasteiger partial charge in [0.15, 0.2) is 11.0 Å². The first kappa shape index (κ1) is 12.6. The molecule has 0 aliphatic heterocycles. The molecule has 0 fully saturated rings. The van der Waals surface area contributed by atoms with Crippen molar-refractivity contribution in [2.24, 2.45) is 0 Å². The zero-order valence-electron chi connectivity index (χ0n) is 10.2. The van der Waals surface area contributed by atoms with Crippen LogP contribution in [0.1, 0.15) is 5.82 Å². The molecule has 96 valence electrons. The van der Waals surface area contributed by atoms with Gasteiger partial charge in [-0.1, -0.05) is 16.9 Å². The summed E-state index contributed by atoms with van der Waals surface area (Å²) in [6.07, 6.45) is 3.95. The molecule has 7 nitrogen and oxygen atoms in total. The highest BCUT2D eigenvalue weighted by atomic mass is 32.2. The molecule has 2 aromatic heterocycles. The molecule has 0 saturated heterocycles. The Bertz CT molecular complexity index is 467. The lowest BCUT2D eigenvalue weighted by Gasteiger charge is -2.07. The summed E-state index contributed by atoms with van der Waals surface area (Å²) in [5, 5.41) is 10.7. The van der Waals surface area contributed by atoms with Crippen LogP contribution in [0.15, 0.2) is 22.1 Å². The number of aromatic nitrogens is 4. The second-order valence-electron chi connectivity index (χ2n) is 3.40. The summed E-state index contributed by atoms with van der Waals surface area (Å²) in [7, 11) is 1.83. The topological polar surface area (TPSA) is 88.8 Å². The first-order valence-electron chi connectivity index (χ1n) is 5.41. The molecule has 0 spiro atoms. The van der Waals surface area contributed by atoms with Gasteiger partial charge in [-0.25, -0.2) is 9.97 Å². The van der Waals surface area contributed by atoms with Crippen LogP contribution >= 0.6 is 11.8 Å². The second kappa shape index (κ2) is 6.20. The van der Waals surface area contributed by atoms with Crippen LogP contribution in [0.3, 0.4) is 0 Å². The molecule has 0 bridgehead atoms. The van der Waals surface area contributed by atoms with Gasteiger partial charge in [-0.15, -0.1) is 0 Å². The van der Waals surface area contributed by atoms with Crippen LogP contribution in [0.4, 0.5) is 11.6 Å². The molecule has 0 aliphatic rings. The minimum Gasteiger partial charge on any atom is -0.373 e. The van der Waals surface area contributed by atoms with Crippen molar-refractivity contribution >= 4 is 23.4 Å². The van der Waals surface area contributed by atoms with Crippen LogP contribution < -0.4 is 10.6 Å². The fraction of sp³-hybridized carbons (Fsp3) is 0.400. The average Bonchev–Trinajstić information content (AvgIpc) is 2.91. The van der Waals surface area contributed by atoms with Crippen LogP contribution in [0.5, 0.6) is 0 Å². The molecule has 18 heavy (non-hydrogen) atoms. The predicted molar refractivity (Wildman–Crippen MR) is 69.9 cm³/mol. The van der Waals surface area contributed by atoms with Gasteiger partial charge in [0.2, 0.25) is 6.39 Å². The van der Waals surface area contributed by atoms with E-state index in [1.165, 1.54) is 18.2 Å². The maximum Gasteiger partial charge on any atom is 0.213 e. The van der Waals surface area contributed by atoms with Crippen molar-refractivity contribution < 1.29 is 4.52 Å². The maximum atomic E-state index is 4.66. The van der Waals surface area contributed by atoms with Gasteiger partial charge in [0.05, 0.1) is 0 Å². The van der Waals surface area contributed by atoms with E-state index in [0.29, 0.717) is 18.8 Å². The zero-order valence-corrected chi connectivity index (χ0v) is 11.0. The largest absolute Gasteiger partial charge is 0.373 e. The van der Waals surface area contributed by atoms with Crippen LogP contribution in [0.2, 0.25) is 0 Å². The van der Waals surface area contributed by atoms with Gasteiger partial charge in [0.25, 0.3) is 0 Å². The van der Waals surface area contributed by atoms with Gasteiger partial charge in [-0.3, -0.25) is 0 Å². The number of rotatable bonds is 6. The molecule has 2 heterocycles. The molecule has 0 unspecified atom stereocenters. The van der Waals surface area contributed by atoms with Gasteiger partial charge in [0.1, 0.15) is 11.6 Å². The molecule has 0 atom stereocenters. The molecule has 0 amide bonds. The monoisotopic (exact) mass is 266 g/mol. The molecule has 0 aromatic carbocycles. The highest BCUT2D eigenvalue weighted by Crippen LogP contribution is 2.16. The fourth-order valence-electron chi connectivity index (χ4n) is 1.34. The molecular weight excluding hydrogens is 252 g/mol. The molecular formula is C10H14N6OS. The van der Waals surface area contributed by atoms with E-state index in [2.05, 4.69) is 35.3 Å². The van der Waals surface area contributed by atoms with Gasteiger partial charge in [-0.05, 0) is 6.26 Å². The van der Waals surface area contributed by atoms with Gasteiger partial charge in [0, 0.05) is 26.1 Å². The number of anilines is 2. The normalized spacial score (nSPS) is 10.3. The molecule has 2 rings (SSSR count). The fourth-order valence-corrected chi connectivity index (χ4v) is 1.72. The SMILES string of the molecule is CNc1cc(NCCc2ncon2)nc(SC)n1. The Morgan fingerprint density at radius 2 is 2.17 bits per heavy atom. The Kier molecular flexibility index (Phi) is 4.35. The number of nitrogens with one attached hydrogen (secondary N) is 2. The van der Waals surface area contributed by atoms with Crippen molar-refractivity contribution in [3.8, 4) is 0 Å². The van der Waals surface area contributed by atoms with E-state index < -0.39 is 0 Å². The lowest BCUT2D eigenvalue weighted by atomic mass is 10.4. The molecule has 0 aliphatic carbocycles. The predicted octanol–water partition coefficient (Wildman–Crippen LogP) is 1.28. The third-order valence-corrected chi connectivity index (χ3v) is 2.75. The van der Waals surface area contributed by atoms with Crippen LogP contribution in [-0.4, -0.2) is 40.0 Å². The molecule has 0 saturated carbocycles. The minimum atomic E-state index is 0.676. The molecule has 2 N–H and O–H groups in total. The van der Waals surface area contributed by atoms with Gasteiger partial charge >= 0.3 is 0 Å². The lowest BCUT2D eigenvalue weighted by molar-refractivity contribution is 0.410. The number of hydrogen-bond donors (Lipinski definition) is 2. The Balaban J connectivity index is 1.95. The highest BCUT2D eigenvalue weighted by molar-refractivity contribution is 7.98. The quantitative estimate of drug-likeness (QED) is 0.597. The van der Waals surface area contributed by atoms with Crippen molar-refractivity contribution in [3.05, 3.63) is 18.3 Å². The highest BCUT2D eigenvalue weighted by Gasteiger charge is 2.03. The van der Waals surface area contributed by atoms with Crippen molar-refractivity contribution in [1.82, 2.24) is 20.1 Å². The van der Waals surface area contributed by atoms with E-state index in [1.54, 1.807) is 0 Å². The summed E-state index contributed by atoms with van der Waals surface area (Å²) in [6, 6.07) is 1.86. The van der Waals surface area contributed by atoms with Crippen molar-refractivity contribution in [3.63, 3.8) is 0 Å². The Morgan fingerprint density at radius 1 is 1.33 bits per heavy atom. The van der Waals surface area contributed by atoms with Crippen molar-refractivity contribution in [2.45, 2.75) is 11.6 Å². The number of hydrogen-bond acceptors (Lipinski definition) is 8. The summed E-state index contributed by atoms with van der Waals surface area (Å²) in [5.41, 5.74) is 0. The maximum absolute atomic E-state index is 4.66. The number of nitrogens with zero attached hydrogens (tertiary/aromatic N) is 4. The van der Waals surface area contributed by atoms with Crippen LogP contribution in [-0.2, 0) is 6.42 Å². The summed E-state index contributed by atoms with van der Waals surface area (Å²) in [4.78, 5) is 12.6. The molecule has 2 aromatic rings. The van der Waals surface area contributed by atoms with E-state index in [0.717, 1.165) is 16.8 Å². The van der Waals surface area contributed by atoms with Crippen LogP contribution in [0, 0.1) is 0 Å². The molecule has 8 heteroatoms. The molecule has 0 radical (unpaired) electrons. The summed E-state index contributed by atoms with van der Waals surface area (Å²) in [6.45, 7) is 0.688. The van der Waals surface area contributed by atoms with Crippen LogP contribution in [0.25, 0.3) is 0 Å². The minimum absolute atomic E-state index is 0.676. The second-order valence-corrected chi connectivity index (χ2v) is 4.17. The summed E-state index contributed by atoms with van der Waals surface area (Å²) < 4.78 is 4.66. The zero-order chi connectivity index (χ0) is 12.8. The smallest absolute Gasteiger partial charge is 0.213 e. The van der Waals surface area contributed by atoms with E-state index in [9.17, 15) is 0 Å². The van der Waals surface area contributed by atoms with E-state index in [-0.39, 0.29) is 0 Å². The Hall–Kier alpha value is -1.83. The third-order valence-electron chi connectivity index (χ3n) is 2.21. The van der Waals surface area contributed by atoms with Gasteiger partial charge < -0.3 is 15.2 Å². The standard InChI is InChI=1S/C10H14N6OS/c1-11-8-5-9(15-10(14-8)18-2)12-4-3-7-13-6-17-16-7/h5-6H,3-4H2,1-2H3,(H2,11,12,14,15).